The SMILES string of the molecule is CCCCC(=O)NC1Cc2ccccc2C1. The third-order valence-electron chi connectivity index (χ3n) is 3.17. The monoisotopic (exact) mass is 217 g/mol. The Morgan fingerprint density at radius 3 is 2.50 bits per heavy atom. The molecule has 0 radical (unpaired) electrons. The van der Waals surface area contributed by atoms with Gasteiger partial charge in [-0.05, 0) is 30.4 Å². The van der Waals surface area contributed by atoms with Crippen molar-refractivity contribution in [3.05, 3.63) is 35.4 Å². The van der Waals surface area contributed by atoms with Crippen LogP contribution in [0.4, 0.5) is 0 Å². The first-order chi connectivity index (χ1) is 7.79. The van der Waals surface area contributed by atoms with Crippen LogP contribution in [0.25, 0.3) is 0 Å². The van der Waals surface area contributed by atoms with Gasteiger partial charge in [-0.1, -0.05) is 37.6 Å². The Balaban J connectivity index is 1.85. The van der Waals surface area contributed by atoms with E-state index in [0.717, 1.165) is 25.7 Å². The van der Waals surface area contributed by atoms with Crippen LogP contribution in [0, 0.1) is 0 Å². The number of unbranched alkanes of at least 4 members (excludes halogenated alkanes) is 1. The van der Waals surface area contributed by atoms with E-state index in [1.165, 1.54) is 11.1 Å². The van der Waals surface area contributed by atoms with Gasteiger partial charge in [0.2, 0.25) is 5.91 Å². The minimum atomic E-state index is 0.208. The summed E-state index contributed by atoms with van der Waals surface area (Å²) in [6, 6.07) is 8.78. The van der Waals surface area contributed by atoms with Crippen LogP contribution in [-0.2, 0) is 17.6 Å². The molecular formula is C14H19NO. The van der Waals surface area contributed by atoms with E-state index in [9.17, 15) is 4.79 Å². The molecule has 2 nitrogen and oxygen atoms in total. The molecule has 0 atom stereocenters. The first kappa shape index (κ1) is 11.2. The van der Waals surface area contributed by atoms with Crippen molar-refractivity contribution in [3.8, 4) is 0 Å². The number of hydrogen-bond acceptors (Lipinski definition) is 1. The normalized spacial score (nSPS) is 14.8. The summed E-state index contributed by atoms with van der Waals surface area (Å²) < 4.78 is 0. The Bertz CT molecular complexity index is 348. The van der Waals surface area contributed by atoms with Gasteiger partial charge in [0.1, 0.15) is 0 Å². The lowest BCUT2D eigenvalue weighted by Crippen LogP contribution is -2.35. The second-order valence-electron chi connectivity index (χ2n) is 4.54. The average molecular weight is 217 g/mol. The minimum absolute atomic E-state index is 0.208. The van der Waals surface area contributed by atoms with E-state index in [1.54, 1.807) is 0 Å². The Kier molecular flexibility index (Phi) is 3.60. The van der Waals surface area contributed by atoms with Crippen molar-refractivity contribution >= 4 is 5.91 Å². The van der Waals surface area contributed by atoms with Crippen LogP contribution < -0.4 is 5.32 Å². The van der Waals surface area contributed by atoms with Crippen molar-refractivity contribution in [2.75, 3.05) is 0 Å². The lowest BCUT2D eigenvalue weighted by molar-refractivity contribution is -0.121. The molecule has 0 aromatic heterocycles. The molecule has 0 aliphatic heterocycles. The maximum atomic E-state index is 11.6. The van der Waals surface area contributed by atoms with Crippen LogP contribution in [0.5, 0.6) is 0 Å². The highest BCUT2D eigenvalue weighted by Gasteiger charge is 2.21. The number of amides is 1. The van der Waals surface area contributed by atoms with Crippen LogP contribution >= 0.6 is 0 Å². The number of carbonyl (C=O) groups excluding carboxylic acids is 1. The zero-order valence-electron chi connectivity index (χ0n) is 9.83. The summed E-state index contributed by atoms with van der Waals surface area (Å²) in [7, 11) is 0. The fourth-order valence-electron chi connectivity index (χ4n) is 2.30. The van der Waals surface area contributed by atoms with Crippen LogP contribution in [0.1, 0.15) is 37.3 Å². The molecule has 1 amide bonds. The summed E-state index contributed by atoms with van der Waals surface area (Å²) in [5.41, 5.74) is 2.78. The van der Waals surface area contributed by atoms with E-state index in [1.807, 2.05) is 0 Å². The van der Waals surface area contributed by atoms with Gasteiger partial charge in [-0.25, -0.2) is 0 Å². The largest absolute Gasteiger partial charge is 0.353 e. The average Bonchev–Trinajstić information content (AvgIpc) is 2.68. The fourth-order valence-corrected chi connectivity index (χ4v) is 2.30. The molecule has 1 aliphatic carbocycles. The van der Waals surface area contributed by atoms with Gasteiger partial charge in [-0.3, -0.25) is 4.79 Å². The lowest BCUT2D eigenvalue weighted by Gasteiger charge is -2.11. The summed E-state index contributed by atoms with van der Waals surface area (Å²) >= 11 is 0. The van der Waals surface area contributed by atoms with Crippen LogP contribution in [0.15, 0.2) is 24.3 Å². The van der Waals surface area contributed by atoms with Crippen molar-refractivity contribution in [3.63, 3.8) is 0 Å². The number of nitrogens with one attached hydrogen (secondary N) is 1. The predicted molar refractivity (Wildman–Crippen MR) is 65.3 cm³/mol. The minimum Gasteiger partial charge on any atom is -0.353 e. The Hall–Kier alpha value is -1.31. The van der Waals surface area contributed by atoms with Crippen molar-refractivity contribution in [1.82, 2.24) is 5.32 Å². The highest BCUT2D eigenvalue weighted by atomic mass is 16.1. The zero-order valence-corrected chi connectivity index (χ0v) is 9.83. The molecule has 0 saturated carbocycles. The molecule has 2 rings (SSSR count). The molecule has 0 saturated heterocycles. The number of benzene rings is 1. The van der Waals surface area contributed by atoms with Gasteiger partial charge in [-0.15, -0.1) is 0 Å². The van der Waals surface area contributed by atoms with Gasteiger partial charge in [-0.2, -0.15) is 0 Å². The van der Waals surface area contributed by atoms with Crippen LogP contribution in [0.3, 0.4) is 0 Å². The fraction of sp³-hybridized carbons (Fsp3) is 0.500. The molecule has 0 fully saturated rings. The van der Waals surface area contributed by atoms with Gasteiger partial charge in [0.25, 0.3) is 0 Å². The molecule has 2 heteroatoms. The van der Waals surface area contributed by atoms with Crippen molar-refractivity contribution in [1.29, 1.82) is 0 Å². The van der Waals surface area contributed by atoms with Gasteiger partial charge in [0.15, 0.2) is 0 Å². The third kappa shape index (κ3) is 2.63. The molecule has 0 bridgehead atoms. The molecule has 1 aliphatic rings. The van der Waals surface area contributed by atoms with E-state index < -0.39 is 0 Å². The van der Waals surface area contributed by atoms with E-state index in [0.29, 0.717) is 12.5 Å². The molecule has 1 N–H and O–H groups in total. The number of fused-ring (bicyclic) bond motifs is 1. The Labute approximate surface area is 97.1 Å². The van der Waals surface area contributed by atoms with Gasteiger partial charge in [0, 0.05) is 12.5 Å². The summed E-state index contributed by atoms with van der Waals surface area (Å²) in [5.74, 6) is 0.208. The van der Waals surface area contributed by atoms with Crippen LogP contribution in [0.2, 0.25) is 0 Å². The van der Waals surface area contributed by atoms with Gasteiger partial charge >= 0.3 is 0 Å². The van der Waals surface area contributed by atoms with E-state index in [-0.39, 0.29) is 5.91 Å². The smallest absolute Gasteiger partial charge is 0.220 e. The summed E-state index contributed by atoms with van der Waals surface area (Å²) in [6.45, 7) is 2.11. The predicted octanol–water partition coefficient (Wildman–Crippen LogP) is 2.46. The van der Waals surface area contributed by atoms with E-state index >= 15 is 0 Å². The standard InChI is InChI=1S/C14H19NO/c1-2-3-8-14(16)15-13-9-11-6-4-5-7-12(11)10-13/h4-7,13H,2-3,8-10H2,1H3,(H,15,16). The molecule has 1 aromatic carbocycles. The maximum Gasteiger partial charge on any atom is 0.220 e. The second-order valence-corrected chi connectivity index (χ2v) is 4.54. The Morgan fingerprint density at radius 2 is 1.94 bits per heavy atom. The van der Waals surface area contributed by atoms with Gasteiger partial charge < -0.3 is 5.32 Å². The van der Waals surface area contributed by atoms with Crippen molar-refractivity contribution < 1.29 is 4.79 Å². The number of hydrogen-bond donors (Lipinski definition) is 1. The van der Waals surface area contributed by atoms with Crippen molar-refractivity contribution in [2.45, 2.75) is 45.1 Å². The zero-order chi connectivity index (χ0) is 11.4. The molecule has 0 heterocycles. The molecule has 16 heavy (non-hydrogen) atoms. The first-order valence-electron chi connectivity index (χ1n) is 6.15. The summed E-state index contributed by atoms with van der Waals surface area (Å²) in [5, 5.41) is 3.12. The van der Waals surface area contributed by atoms with E-state index in [2.05, 4.69) is 36.5 Å². The van der Waals surface area contributed by atoms with Crippen LogP contribution in [-0.4, -0.2) is 11.9 Å². The third-order valence-corrected chi connectivity index (χ3v) is 3.17. The van der Waals surface area contributed by atoms with Crippen molar-refractivity contribution in [2.24, 2.45) is 0 Å². The summed E-state index contributed by atoms with van der Waals surface area (Å²) in [4.78, 5) is 11.6. The quantitative estimate of drug-likeness (QED) is 0.824. The lowest BCUT2D eigenvalue weighted by atomic mass is 10.1. The highest BCUT2D eigenvalue weighted by molar-refractivity contribution is 5.76. The Morgan fingerprint density at radius 1 is 1.31 bits per heavy atom. The number of carbonyl (C=O) groups is 1. The number of rotatable bonds is 4. The molecule has 86 valence electrons. The molecular weight excluding hydrogens is 198 g/mol. The highest BCUT2D eigenvalue weighted by Crippen LogP contribution is 2.21. The topological polar surface area (TPSA) is 29.1 Å². The maximum absolute atomic E-state index is 11.6. The van der Waals surface area contributed by atoms with Gasteiger partial charge in [0.05, 0.1) is 0 Å². The molecule has 0 spiro atoms. The summed E-state index contributed by atoms with van der Waals surface area (Å²) in [6.07, 6.45) is 4.73. The molecule has 0 unspecified atom stereocenters. The van der Waals surface area contributed by atoms with E-state index in [4.69, 9.17) is 0 Å². The second kappa shape index (κ2) is 5.15. The molecule has 1 aromatic rings. The first-order valence-corrected chi connectivity index (χ1v) is 6.15.